The summed E-state index contributed by atoms with van der Waals surface area (Å²) in [4.78, 5) is 12.3. The lowest BCUT2D eigenvalue weighted by Gasteiger charge is -2.26. The van der Waals surface area contributed by atoms with Crippen LogP contribution in [0.4, 0.5) is 0 Å². The lowest BCUT2D eigenvalue weighted by molar-refractivity contribution is 0.0928. The topological polar surface area (TPSA) is 54.3 Å². The van der Waals surface area contributed by atoms with Crippen LogP contribution in [-0.2, 0) is 6.54 Å². The fraction of sp³-hybridized carbons (Fsp3) is 0.267. The molecule has 0 aliphatic heterocycles. The highest BCUT2D eigenvalue weighted by atomic mass is 35.6. The number of alkyl halides is 3. The second-order valence-corrected chi connectivity index (χ2v) is 7.09. The summed E-state index contributed by atoms with van der Waals surface area (Å²) in [6.45, 7) is 2.16. The Morgan fingerprint density at radius 1 is 1.23 bits per heavy atom. The molecule has 1 aromatic carbocycles. The highest BCUT2D eigenvalue weighted by molar-refractivity contribution is 6.68. The normalized spacial score (nSPS) is 12.9. The Hall–Kier alpha value is -1.20. The summed E-state index contributed by atoms with van der Waals surface area (Å²) in [6, 6.07) is 10.7. The fourth-order valence-electron chi connectivity index (χ4n) is 1.90. The molecule has 0 aliphatic rings. The van der Waals surface area contributed by atoms with Gasteiger partial charge in [-0.1, -0.05) is 53.0 Å². The Labute approximate surface area is 143 Å². The maximum atomic E-state index is 12.3. The quantitative estimate of drug-likeness (QED) is 0.629. The highest BCUT2D eigenvalue weighted by Crippen LogP contribution is 2.29. The molecule has 1 heterocycles. The van der Waals surface area contributed by atoms with Crippen LogP contribution in [0.1, 0.15) is 21.7 Å². The molecule has 0 aliphatic carbocycles. The summed E-state index contributed by atoms with van der Waals surface area (Å²) in [7, 11) is 0. The van der Waals surface area contributed by atoms with Crippen LogP contribution >= 0.6 is 34.8 Å². The summed E-state index contributed by atoms with van der Waals surface area (Å²) in [5.74, 6) is 0.353. The third-order valence-corrected chi connectivity index (χ3v) is 3.71. The molecule has 0 unspecified atom stereocenters. The van der Waals surface area contributed by atoms with Gasteiger partial charge in [-0.3, -0.25) is 10.1 Å². The number of rotatable bonds is 5. The van der Waals surface area contributed by atoms with E-state index in [4.69, 9.17) is 39.2 Å². The summed E-state index contributed by atoms with van der Waals surface area (Å²) in [6.07, 6.45) is 0.683. The van der Waals surface area contributed by atoms with Crippen LogP contribution in [0, 0.1) is 6.92 Å². The molecule has 0 radical (unpaired) electrons. The van der Waals surface area contributed by atoms with Gasteiger partial charge in [0, 0.05) is 5.56 Å². The third kappa shape index (κ3) is 4.65. The Morgan fingerprint density at radius 3 is 2.55 bits per heavy atom. The molecule has 0 fully saturated rings. The number of carbonyl (C=O) groups is 1. The number of hydrogen-bond donors (Lipinski definition) is 2. The number of amides is 1. The van der Waals surface area contributed by atoms with Crippen molar-refractivity contribution >= 4 is 40.7 Å². The minimum atomic E-state index is -1.70. The van der Waals surface area contributed by atoms with Gasteiger partial charge in [0.05, 0.1) is 12.8 Å². The van der Waals surface area contributed by atoms with E-state index in [9.17, 15) is 4.79 Å². The van der Waals surface area contributed by atoms with Crippen molar-refractivity contribution in [3.05, 3.63) is 59.5 Å². The van der Waals surface area contributed by atoms with Gasteiger partial charge in [-0.05, 0) is 30.7 Å². The van der Waals surface area contributed by atoms with E-state index in [-0.39, 0.29) is 5.91 Å². The molecule has 7 heteroatoms. The Morgan fingerprint density at radius 2 is 1.95 bits per heavy atom. The molecule has 118 valence electrons. The van der Waals surface area contributed by atoms with Gasteiger partial charge in [0.2, 0.25) is 3.79 Å². The lowest BCUT2D eigenvalue weighted by atomic mass is 10.1. The van der Waals surface area contributed by atoms with Crippen molar-refractivity contribution in [2.45, 2.75) is 23.4 Å². The Bertz CT molecular complexity index is 624. The van der Waals surface area contributed by atoms with E-state index in [1.54, 1.807) is 30.5 Å². The number of halogens is 3. The van der Waals surface area contributed by atoms with Crippen molar-refractivity contribution in [3.8, 4) is 0 Å². The molecule has 1 amide bonds. The molecule has 0 saturated heterocycles. The molecule has 4 nitrogen and oxygen atoms in total. The number of aryl methyl sites for hydroxylation is 1. The maximum absolute atomic E-state index is 12.3. The summed E-state index contributed by atoms with van der Waals surface area (Å²) < 4.78 is 3.50. The molecule has 1 atom stereocenters. The van der Waals surface area contributed by atoms with Gasteiger partial charge in [0.15, 0.2) is 0 Å². The molecule has 2 aromatic rings. The molecular weight excluding hydrogens is 347 g/mol. The van der Waals surface area contributed by atoms with Crippen LogP contribution in [0.15, 0.2) is 47.1 Å². The van der Waals surface area contributed by atoms with Crippen LogP contribution < -0.4 is 10.6 Å². The highest BCUT2D eigenvalue weighted by Gasteiger charge is 2.34. The molecule has 1 aromatic heterocycles. The van der Waals surface area contributed by atoms with Crippen molar-refractivity contribution < 1.29 is 9.21 Å². The van der Waals surface area contributed by atoms with E-state index in [0.717, 1.165) is 5.56 Å². The first-order chi connectivity index (χ1) is 10.4. The first-order valence-electron chi connectivity index (χ1n) is 6.57. The Balaban J connectivity index is 2.06. The molecule has 2 rings (SSSR count). The van der Waals surface area contributed by atoms with Crippen molar-refractivity contribution in [2.75, 3.05) is 0 Å². The number of hydrogen-bond acceptors (Lipinski definition) is 3. The molecule has 22 heavy (non-hydrogen) atoms. The van der Waals surface area contributed by atoms with E-state index in [0.29, 0.717) is 17.9 Å². The third-order valence-electron chi connectivity index (χ3n) is 3.05. The number of carbonyl (C=O) groups excluding carboxylic acids is 1. The number of furan rings is 1. The molecule has 0 bridgehead atoms. The monoisotopic (exact) mass is 360 g/mol. The van der Waals surface area contributed by atoms with Gasteiger partial charge in [-0.15, -0.1) is 0 Å². The van der Waals surface area contributed by atoms with Crippen molar-refractivity contribution in [1.82, 2.24) is 10.6 Å². The summed E-state index contributed by atoms with van der Waals surface area (Å²) in [5, 5.41) is 5.65. The zero-order chi connectivity index (χ0) is 16.2. The van der Waals surface area contributed by atoms with Crippen LogP contribution in [0.25, 0.3) is 0 Å². The predicted octanol–water partition coefficient (Wildman–Crippen LogP) is 3.80. The van der Waals surface area contributed by atoms with Crippen LogP contribution in [-0.4, -0.2) is 15.9 Å². The zero-order valence-corrected chi connectivity index (χ0v) is 14.0. The van der Waals surface area contributed by atoms with Gasteiger partial charge in [0.1, 0.15) is 11.9 Å². The second-order valence-electron chi connectivity index (χ2n) is 4.72. The number of nitrogens with one attached hydrogen (secondary N) is 2. The van der Waals surface area contributed by atoms with Crippen molar-refractivity contribution in [2.24, 2.45) is 0 Å². The van der Waals surface area contributed by atoms with Crippen molar-refractivity contribution in [1.29, 1.82) is 0 Å². The Kier molecular flexibility index (Phi) is 5.75. The molecular formula is C15H15Cl3N2O2. The molecule has 2 N–H and O–H groups in total. The zero-order valence-electron chi connectivity index (χ0n) is 11.8. The van der Waals surface area contributed by atoms with Crippen LogP contribution in [0.3, 0.4) is 0 Å². The van der Waals surface area contributed by atoms with Crippen molar-refractivity contribution in [3.63, 3.8) is 0 Å². The largest absolute Gasteiger partial charge is 0.468 e. The van der Waals surface area contributed by atoms with E-state index in [1.807, 2.05) is 19.1 Å². The first-order valence-corrected chi connectivity index (χ1v) is 7.70. The van der Waals surface area contributed by atoms with Crippen LogP contribution in [0.5, 0.6) is 0 Å². The van der Waals surface area contributed by atoms with Gasteiger partial charge in [0.25, 0.3) is 5.91 Å². The first kappa shape index (κ1) is 17.2. The van der Waals surface area contributed by atoms with E-state index in [2.05, 4.69) is 10.6 Å². The van der Waals surface area contributed by atoms with E-state index in [1.165, 1.54) is 0 Å². The average Bonchev–Trinajstić information content (AvgIpc) is 2.95. The predicted molar refractivity (Wildman–Crippen MR) is 88.3 cm³/mol. The minimum Gasteiger partial charge on any atom is -0.468 e. The van der Waals surface area contributed by atoms with Crippen LogP contribution in [0.2, 0.25) is 0 Å². The SMILES string of the molecule is Cc1ccccc1C(=O)N[C@@H](NCc1ccco1)C(Cl)(Cl)Cl. The number of benzene rings is 1. The second kappa shape index (κ2) is 7.38. The van der Waals surface area contributed by atoms with Gasteiger partial charge < -0.3 is 9.73 Å². The average molecular weight is 362 g/mol. The fourth-order valence-corrected chi connectivity index (χ4v) is 2.30. The van der Waals surface area contributed by atoms with Gasteiger partial charge >= 0.3 is 0 Å². The maximum Gasteiger partial charge on any atom is 0.252 e. The minimum absolute atomic E-state index is 0.318. The van der Waals surface area contributed by atoms with E-state index >= 15 is 0 Å². The summed E-state index contributed by atoms with van der Waals surface area (Å²) in [5.41, 5.74) is 1.37. The van der Waals surface area contributed by atoms with E-state index < -0.39 is 9.96 Å². The standard InChI is InChI=1S/C15H15Cl3N2O2/c1-10-5-2-3-7-12(10)13(21)20-14(15(16,17)18)19-9-11-6-4-8-22-11/h2-8,14,19H,9H2,1H3,(H,20,21)/t14-/m1/s1. The smallest absolute Gasteiger partial charge is 0.252 e. The molecule has 0 saturated carbocycles. The molecule has 0 spiro atoms. The van der Waals surface area contributed by atoms with Gasteiger partial charge in [-0.25, -0.2) is 0 Å². The summed E-state index contributed by atoms with van der Waals surface area (Å²) >= 11 is 17.8. The van der Waals surface area contributed by atoms with Gasteiger partial charge in [-0.2, -0.15) is 0 Å². The lowest BCUT2D eigenvalue weighted by Crippen LogP contribution is -2.53.